The second kappa shape index (κ2) is 17.7. The van der Waals surface area contributed by atoms with Crippen LogP contribution >= 0.6 is 0 Å². The average molecular weight is 921 g/mol. The number of halogens is 4. The lowest BCUT2D eigenvalue weighted by Crippen LogP contribution is -2.52. The van der Waals surface area contributed by atoms with E-state index in [0.717, 1.165) is 33.5 Å². The van der Waals surface area contributed by atoms with Gasteiger partial charge in [-0.15, -0.1) is 0 Å². The summed E-state index contributed by atoms with van der Waals surface area (Å²) in [6.45, 7) is 3.51. The van der Waals surface area contributed by atoms with E-state index in [1.54, 1.807) is 47.3 Å². The van der Waals surface area contributed by atoms with Crippen LogP contribution in [0.1, 0.15) is 48.5 Å². The van der Waals surface area contributed by atoms with E-state index < -0.39 is 68.1 Å². The molecule has 0 aliphatic carbocycles. The molecule has 17 nitrogen and oxygen atoms in total. The van der Waals surface area contributed by atoms with Crippen molar-refractivity contribution in [2.75, 3.05) is 78.8 Å². The van der Waals surface area contributed by atoms with Gasteiger partial charge in [0.2, 0.25) is 17.6 Å². The Kier molecular flexibility index (Phi) is 12.3. The van der Waals surface area contributed by atoms with Crippen molar-refractivity contribution in [3.63, 3.8) is 0 Å². The highest BCUT2D eigenvalue weighted by molar-refractivity contribution is 7.90. The zero-order valence-electron chi connectivity index (χ0n) is 35.2. The first-order valence-corrected chi connectivity index (χ1v) is 22.2. The number of hydrogen-bond donors (Lipinski definition) is 4. The maximum absolute atomic E-state index is 15.6. The first-order valence-electron chi connectivity index (χ1n) is 20.8. The Hall–Kier alpha value is -6.65. The number of amides is 4. The van der Waals surface area contributed by atoms with Crippen LogP contribution in [-0.2, 0) is 19.8 Å². The van der Waals surface area contributed by atoms with Gasteiger partial charge in [-0.05, 0) is 43.2 Å². The maximum atomic E-state index is 15.6. The van der Waals surface area contributed by atoms with Crippen LogP contribution in [0, 0.1) is 23.3 Å². The third-order valence-corrected chi connectivity index (χ3v) is 13.7. The molecule has 6 heterocycles. The average Bonchev–Trinajstić information content (AvgIpc) is 3.72. The van der Waals surface area contributed by atoms with Gasteiger partial charge in [0.15, 0.2) is 5.82 Å². The van der Waals surface area contributed by atoms with Crippen molar-refractivity contribution in [2.45, 2.75) is 38.2 Å². The van der Waals surface area contributed by atoms with Crippen LogP contribution in [-0.4, -0.2) is 126 Å². The van der Waals surface area contributed by atoms with Gasteiger partial charge < -0.3 is 24.8 Å². The highest BCUT2D eigenvalue weighted by atomic mass is 32.2. The second-order valence-corrected chi connectivity index (χ2v) is 17.9. The predicted molar refractivity (Wildman–Crippen MR) is 232 cm³/mol. The predicted octanol–water partition coefficient (Wildman–Crippen LogP) is 4.54. The highest BCUT2D eigenvalue weighted by Crippen LogP contribution is 2.35. The van der Waals surface area contributed by atoms with E-state index in [1.807, 2.05) is 4.90 Å². The number of carbonyl (C=O) groups is 4. The Balaban J connectivity index is 0.867. The number of H-pyrrole nitrogens is 1. The van der Waals surface area contributed by atoms with E-state index in [2.05, 4.69) is 25.0 Å². The molecule has 65 heavy (non-hydrogen) atoms. The van der Waals surface area contributed by atoms with Crippen molar-refractivity contribution in [3.8, 4) is 11.1 Å². The third-order valence-electron chi connectivity index (χ3n) is 12.1. The van der Waals surface area contributed by atoms with Gasteiger partial charge in [-0.2, -0.15) is 12.7 Å². The molecule has 342 valence electrons. The number of imide groups is 1. The van der Waals surface area contributed by atoms with E-state index in [-0.39, 0.29) is 85.7 Å². The van der Waals surface area contributed by atoms with Gasteiger partial charge in [-0.25, -0.2) is 32.3 Å². The normalized spacial score (nSPS) is 16.9. The Morgan fingerprint density at radius 1 is 0.862 bits per heavy atom. The number of hydrogen-bond acceptors (Lipinski definition) is 11. The molecule has 0 atom stereocenters. The molecule has 0 unspecified atom stereocenters. The molecule has 0 bridgehead atoms. The number of pyridine rings is 2. The summed E-state index contributed by atoms with van der Waals surface area (Å²) in [5.74, 6) is -5.28. The van der Waals surface area contributed by atoms with Crippen LogP contribution in [0.15, 0.2) is 61.1 Å². The van der Waals surface area contributed by atoms with Gasteiger partial charge in [-0.1, -0.05) is 6.92 Å². The van der Waals surface area contributed by atoms with E-state index in [1.165, 1.54) is 13.2 Å². The summed E-state index contributed by atoms with van der Waals surface area (Å²) in [4.78, 5) is 68.8. The number of piperazine rings is 1. The van der Waals surface area contributed by atoms with Crippen molar-refractivity contribution >= 4 is 67.8 Å². The fourth-order valence-corrected chi connectivity index (χ4v) is 9.07. The number of rotatable bonds is 12. The number of anilines is 4. The summed E-state index contributed by atoms with van der Waals surface area (Å²) < 4.78 is 89.1. The molecule has 3 saturated heterocycles. The number of fused-ring (bicyclic) bond motifs is 1. The van der Waals surface area contributed by atoms with Crippen LogP contribution in [0.2, 0.25) is 0 Å². The summed E-state index contributed by atoms with van der Waals surface area (Å²) in [6, 6.07) is 8.01. The molecule has 0 spiro atoms. The Labute approximate surface area is 370 Å². The minimum absolute atomic E-state index is 0.0356. The molecule has 22 heteroatoms. The van der Waals surface area contributed by atoms with Gasteiger partial charge in [0.25, 0.3) is 0 Å². The van der Waals surface area contributed by atoms with Crippen molar-refractivity contribution in [1.29, 1.82) is 0 Å². The van der Waals surface area contributed by atoms with Crippen LogP contribution in [0.25, 0.3) is 22.2 Å². The molecule has 5 aromatic rings. The fraction of sp³-hybridized carbons (Fsp3) is 0.349. The van der Waals surface area contributed by atoms with E-state index >= 15 is 17.6 Å². The molecule has 8 rings (SSSR count). The van der Waals surface area contributed by atoms with Gasteiger partial charge >= 0.3 is 16.2 Å². The van der Waals surface area contributed by atoms with Crippen molar-refractivity contribution in [3.05, 3.63) is 95.5 Å². The zero-order valence-corrected chi connectivity index (χ0v) is 36.0. The lowest BCUT2D eigenvalue weighted by atomic mass is 9.87. The number of nitrogens with one attached hydrogen (secondary N) is 3. The molecule has 4 amide bonds. The van der Waals surface area contributed by atoms with Crippen LogP contribution in [0.3, 0.4) is 0 Å². The summed E-state index contributed by atoms with van der Waals surface area (Å²) in [5.41, 5.74) is -1.85. The number of aliphatic hydroxyl groups is 1. The van der Waals surface area contributed by atoms with Crippen molar-refractivity contribution in [2.24, 2.45) is 0 Å². The molecule has 2 aromatic carbocycles. The molecule has 3 aliphatic heterocycles. The Bertz CT molecular complexity index is 2810. The number of benzene rings is 2. The number of carbonyl (C=O) groups excluding carboxylic acids is 4. The Morgan fingerprint density at radius 3 is 2.23 bits per heavy atom. The minimum atomic E-state index is -4.17. The molecule has 3 aliphatic rings. The number of aromatic nitrogens is 3. The largest absolute Gasteiger partial charge is 0.389 e. The zero-order chi connectivity index (χ0) is 46.4. The van der Waals surface area contributed by atoms with E-state index in [4.69, 9.17) is 0 Å². The molecule has 4 N–H and O–H groups in total. The summed E-state index contributed by atoms with van der Waals surface area (Å²) in [6.07, 6.45) is 4.51. The van der Waals surface area contributed by atoms with Crippen molar-refractivity contribution < 1.29 is 50.3 Å². The highest BCUT2D eigenvalue weighted by Gasteiger charge is 2.38. The van der Waals surface area contributed by atoms with Crippen molar-refractivity contribution in [1.82, 2.24) is 29.5 Å². The van der Waals surface area contributed by atoms with Gasteiger partial charge in [0.1, 0.15) is 28.9 Å². The lowest BCUT2D eigenvalue weighted by Gasteiger charge is -2.41. The number of piperidine rings is 1. The van der Waals surface area contributed by atoms with Gasteiger partial charge in [0.05, 0.1) is 34.6 Å². The minimum Gasteiger partial charge on any atom is -0.389 e. The van der Waals surface area contributed by atoms with E-state index in [9.17, 15) is 32.7 Å². The first-order chi connectivity index (χ1) is 30.9. The Morgan fingerprint density at radius 2 is 1.55 bits per heavy atom. The summed E-state index contributed by atoms with van der Waals surface area (Å²) in [7, 11) is -2.90. The van der Waals surface area contributed by atoms with Crippen LogP contribution < -0.4 is 24.7 Å². The fourth-order valence-electron chi connectivity index (χ4n) is 8.14. The van der Waals surface area contributed by atoms with Gasteiger partial charge in [-0.3, -0.25) is 29.3 Å². The molecule has 3 fully saturated rings. The van der Waals surface area contributed by atoms with Crippen LogP contribution in [0.4, 0.5) is 45.2 Å². The summed E-state index contributed by atoms with van der Waals surface area (Å²) >= 11 is 0. The number of ketones is 1. The standard InChI is InChI=1S/C43H44F4N10O7S/c1-3-53(2)65(63,64)52-32-6-5-29(44)38(39(32)47)40(60)28-24-50-41-27(28)18-26(23-49-41)25-4-7-35(48-22-25)55-14-16-56(17-15-55)37(59)21-43(62)9-12-54(13-10-43)33-19-31(46)34(20-30(33)45)57-11-8-36(58)51-42(57)61/h4-7,18-20,22-24,52,62H,3,8-17,21H2,1-2H3,(H,49,50)(H,51,58,61). The third kappa shape index (κ3) is 9.05. The number of nitrogens with zero attached hydrogens (tertiary/aromatic N) is 7. The van der Waals surface area contributed by atoms with Crippen LogP contribution in [0.5, 0.6) is 0 Å². The smallest absolute Gasteiger partial charge is 0.328 e. The van der Waals surface area contributed by atoms with Gasteiger partial charge in [0, 0.05) is 119 Å². The quantitative estimate of drug-likeness (QED) is 0.101. The maximum Gasteiger partial charge on any atom is 0.328 e. The topological polar surface area (TPSA) is 204 Å². The van der Waals surface area contributed by atoms with E-state index in [0.29, 0.717) is 43.1 Å². The first kappa shape index (κ1) is 44.9. The monoisotopic (exact) mass is 920 g/mol. The molecule has 0 radical (unpaired) electrons. The number of aromatic amines is 1. The molecular weight excluding hydrogens is 877 g/mol. The lowest BCUT2D eigenvalue weighted by molar-refractivity contribution is -0.137. The molecule has 3 aromatic heterocycles. The summed E-state index contributed by atoms with van der Waals surface area (Å²) in [5, 5.41) is 13.7. The SMILES string of the molecule is CCN(C)S(=O)(=O)Nc1ccc(F)c(C(=O)c2c[nH]c3ncc(-c4ccc(N5CCN(C(=O)CC6(O)CCN(c7cc(F)c(N8CCC(=O)NC8=O)cc7F)CC6)CC5)nc4)cc23)c1F. The molecular formula is C43H44F4N10O7S. The number of urea groups is 1. The second-order valence-electron chi connectivity index (χ2n) is 16.1. The molecule has 0 saturated carbocycles.